The summed E-state index contributed by atoms with van der Waals surface area (Å²) in [6.45, 7) is 5.07. The van der Waals surface area contributed by atoms with Gasteiger partial charge in [-0.15, -0.1) is 0 Å². The lowest BCUT2D eigenvalue weighted by atomic mass is 9.77. The average molecular weight is 687 g/mol. The maximum atomic E-state index is 3.17. The summed E-state index contributed by atoms with van der Waals surface area (Å²) < 4.78 is 0. The lowest BCUT2D eigenvalue weighted by Crippen LogP contribution is -2.52. The molecule has 7 aliphatic rings. The summed E-state index contributed by atoms with van der Waals surface area (Å²) in [5, 5.41) is 0. The van der Waals surface area contributed by atoms with Gasteiger partial charge >= 0.3 is 0 Å². The molecule has 7 aliphatic carbocycles. The summed E-state index contributed by atoms with van der Waals surface area (Å²) in [6, 6.07) is 5.36. The van der Waals surface area contributed by atoms with Crippen LogP contribution in [0.25, 0.3) is 0 Å². The molecule has 0 heterocycles. The first-order chi connectivity index (χ1) is 24.6. The molecule has 0 aromatic rings. The highest BCUT2D eigenvalue weighted by Crippen LogP contribution is 2.41. The largest absolute Gasteiger partial charge is 0.294 e. The number of hydrogen-bond donors (Lipinski definition) is 0. The Bertz CT molecular complexity index is 929. The highest BCUT2D eigenvalue weighted by Gasteiger charge is 2.38. The van der Waals surface area contributed by atoms with Crippen molar-refractivity contribution in [1.82, 2.24) is 9.80 Å². The van der Waals surface area contributed by atoms with Gasteiger partial charge in [0.2, 0.25) is 0 Å². The van der Waals surface area contributed by atoms with Gasteiger partial charge < -0.3 is 0 Å². The second kappa shape index (κ2) is 19.1. The van der Waals surface area contributed by atoms with Crippen LogP contribution in [-0.4, -0.2) is 46.1 Å². The van der Waals surface area contributed by atoms with Crippen LogP contribution < -0.4 is 0 Å². The second-order valence-electron chi connectivity index (χ2n) is 19.9. The highest BCUT2D eigenvalue weighted by molar-refractivity contribution is 5.02. The van der Waals surface area contributed by atoms with Crippen molar-refractivity contribution < 1.29 is 0 Å². The van der Waals surface area contributed by atoms with E-state index in [4.69, 9.17) is 0 Å². The molecule has 284 valence electrons. The minimum Gasteiger partial charge on any atom is -0.294 e. The Hall–Kier alpha value is -0.600. The third-order valence-electron chi connectivity index (χ3n) is 16.1. The van der Waals surface area contributed by atoms with E-state index in [9.17, 15) is 0 Å². The van der Waals surface area contributed by atoms with Crippen molar-refractivity contribution in [3.63, 3.8) is 0 Å². The Kier molecular flexibility index (Phi) is 14.4. The van der Waals surface area contributed by atoms with E-state index in [0.717, 1.165) is 71.8 Å². The molecule has 0 aliphatic heterocycles. The summed E-state index contributed by atoms with van der Waals surface area (Å²) in [5.41, 5.74) is 0. The van der Waals surface area contributed by atoms with Gasteiger partial charge in [0.05, 0.1) is 0 Å². The second-order valence-corrected chi connectivity index (χ2v) is 19.9. The lowest BCUT2D eigenvalue weighted by Gasteiger charge is -2.49. The van der Waals surface area contributed by atoms with Crippen LogP contribution in [0.4, 0.5) is 0 Å². The molecule has 4 atom stereocenters. The molecule has 0 saturated heterocycles. The summed E-state index contributed by atoms with van der Waals surface area (Å²) in [4.78, 5) is 6.33. The standard InChI is InChI=1S/C48H82N2/c1-37-11-9-17-47(35-37)49(43-13-5-3-6-14-43)45-31-27-41(28-32-45)25-23-39-19-21-40(22-20-39)24-26-42-29-33-46(34-30-42)50(44-15-7-4-8-16-44)48-18-10-12-38(2)36-48/h23-26,37-48H,3-22,27-36H2,1-2H3. The topological polar surface area (TPSA) is 6.48 Å². The highest BCUT2D eigenvalue weighted by atomic mass is 15.2. The molecule has 7 saturated carbocycles. The van der Waals surface area contributed by atoms with Crippen molar-refractivity contribution in [3.8, 4) is 0 Å². The van der Waals surface area contributed by atoms with Gasteiger partial charge in [0.25, 0.3) is 0 Å². The molecule has 0 spiro atoms. The Labute approximate surface area is 311 Å². The monoisotopic (exact) mass is 687 g/mol. The number of allylic oxidation sites excluding steroid dienone is 4. The van der Waals surface area contributed by atoms with Crippen LogP contribution in [0.3, 0.4) is 0 Å². The molecule has 2 nitrogen and oxygen atoms in total. The molecule has 7 fully saturated rings. The Morgan fingerprint density at radius 2 is 0.560 bits per heavy atom. The van der Waals surface area contributed by atoms with Crippen LogP contribution in [0.15, 0.2) is 24.3 Å². The van der Waals surface area contributed by atoms with Crippen LogP contribution in [0, 0.1) is 35.5 Å². The molecule has 2 heteroatoms. The molecule has 50 heavy (non-hydrogen) atoms. The van der Waals surface area contributed by atoms with Crippen LogP contribution in [0.1, 0.15) is 206 Å². The first-order valence-electron chi connectivity index (χ1n) is 23.5. The van der Waals surface area contributed by atoms with E-state index < -0.39 is 0 Å². The fraction of sp³-hybridized carbons (Fsp3) is 0.917. The number of rotatable bonds is 10. The SMILES string of the molecule is CC1CCCC(N(C2CCCCC2)C2CCC(C=CC3CCC(C=CC4CCC(N(C5CCCCC5)C5CCCC(C)C5)CC4)CC3)CC2)C1. The zero-order valence-electron chi connectivity index (χ0n) is 33.3. The van der Waals surface area contributed by atoms with Crippen molar-refractivity contribution in [2.75, 3.05) is 0 Å². The summed E-state index contributed by atoms with van der Waals surface area (Å²) >= 11 is 0. The lowest BCUT2D eigenvalue weighted by molar-refractivity contribution is 0.0102. The molecule has 0 N–H and O–H groups in total. The van der Waals surface area contributed by atoms with E-state index in [1.54, 1.807) is 0 Å². The van der Waals surface area contributed by atoms with Gasteiger partial charge in [0.1, 0.15) is 0 Å². The minimum absolute atomic E-state index is 0.851. The van der Waals surface area contributed by atoms with Gasteiger partial charge in [-0.3, -0.25) is 9.80 Å². The van der Waals surface area contributed by atoms with Crippen LogP contribution >= 0.6 is 0 Å². The Balaban J connectivity index is 0.826. The fourth-order valence-electron chi connectivity index (χ4n) is 13.2. The predicted molar refractivity (Wildman–Crippen MR) is 215 cm³/mol. The van der Waals surface area contributed by atoms with E-state index in [1.165, 1.54) is 193 Å². The maximum absolute atomic E-state index is 3.17. The normalized spacial score (nSPS) is 40.6. The number of hydrogen-bond acceptors (Lipinski definition) is 2. The summed E-state index contributed by atoms with van der Waals surface area (Å²) in [5.74, 6) is 5.30. The molecule has 0 amide bonds. The average Bonchev–Trinajstić information content (AvgIpc) is 3.16. The molecular weight excluding hydrogens is 605 g/mol. The van der Waals surface area contributed by atoms with E-state index in [2.05, 4.69) is 48.0 Å². The van der Waals surface area contributed by atoms with Crippen LogP contribution in [0.2, 0.25) is 0 Å². The Morgan fingerprint density at radius 3 is 0.880 bits per heavy atom. The Morgan fingerprint density at radius 1 is 0.280 bits per heavy atom. The smallest absolute Gasteiger partial charge is 0.0104 e. The maximum Gasteiger partial charge on any atom is 0.0104 e. The zero-order valence-corrected chi connectivity index (χ0v) is 33.3. The van der Waals surface area contributed by atoms with E-state index >= 15 is 0 Å². The van der Waals surface area contributed by atoms with Gasteiger partial charge in [-0.05, 0) is 164 Å². The molecule has 0 aromatic heterocycles. The van der Waals surface area contributed by atoms with Gasteiger partial charge in [-0.25, -0.2) is 0 Å². The molecule has 7 rings (SSSR count). The molecule has 0 bridgehead atoms. The van der Waals surface area contributed by atoms with Crippen molar-refractivity contribution in [1.29, 1.82) is 0 Å². The van der Waals surface area contributed by atoms with Crippen molar-refractivity contribution in [2.45, 2.75) is 243 Å². The predicted octanol–water partition coefficient (Wildman–Crippen LogP) is 13.4. The van der Waals surface area contributed by atoms with E-state index in [-0.39, 0.29) is 0 Å². The first-order valence-corrected chi connectivity index (χ1v) is 23.5. The quantitative estimate of drug-likeness (QED) is 0.211. The van der Waals surface area contributed by atoms with Crippen molar-refractivity contribution in [2.24, 2.45) is 35.5 Å². The third-order valence-corrected chi connectivity index (χ3v) is 16.1. The van der Waals surface area contributed by atoms with Crippen molar-refractivity contribution in [3.05, 3.63) is 24.3 Å². The molecule has 0 radical (unpaired) electrons. The van der Waals surface area contributed by atoms with E-state index in [1.807, 2.05) is 0 Å². The van der Waals surface area contributed by atoms with Crippen molar-refractivity contribution >= 4 is 0 Å². The molecule has 0 aromatic carbocycles. The van der Waals surface area contributed by atoms with Gasteiger partial charge in [0, 0.05) is 36.3 Å². The summed E-state index contributed by atoms with van der Waals surface area (Å²) in [7, 11) is 0. The van der Waals surface area contributed by atoms with E-state index in [0.29, 0.717) is 0 Å². The van der Waals surface area contributed by atoms with Crippen LogP contribution in [0.5, 0.6) is 0 Å². The van der Waals surface area contributed by atoms with Gasteiger partial charge in [-0.1, -0.05) is 102 Å². The third kappa shape index (κ3) is 10.3. The van der Waals surface area contributed by atoms with Gasteiger partial charge in [0.15, 0.2) is 0 Å². The first kappa shape index (κ1) is 37.7. The minimum atomic E-state index is 0.851. The molecular formula is C48H82N2. The van der Waals surface area contributed by atoms with Gasteiger partial charge in [-0.2, -0.15) is 0 Å². The zero-order chi connectivity index (χ0) is 34.1. The molecule has 4 unspecified atom stereocenters. The number of nitrogens with zero attached hydrogens (tertiary/aromatic N) is 2. The fourth-order valence-corrected chi connectivity index (χ4v) is 13.2. The summed E-state index contributed by atoms with van der Waals surface area (Å²) in [6.07, 6.45) is 54.9. The van der Waals surface area contributed by atoms with Crippen LogP contribution in [-0.2, 0) is 0 Å².